The van der Waals surface area contributed by atoms with Crippen LogP contribution in [0.25, 0.3) is 0 Å². The highest BCUT2D eigenvalue weighted by atomic mass is 35.5. The van der Waals surface area contributed by atoms with Crippen LogP contribution in [0.1, 0.15) is 17.3 Å². The first-order valence-electron chi connectivity index (χ1n) is 4.51. The predicted molar refractivity (Wildman–Crippen MR) is 57.0 cm³/mol. The van der Waals surface area contributed by atoms with Gasteiger partial charge in [-0.3, -0.25) is 4.79 Å². The van der Waals surface area contributed by atoms with Gasteiger partial charge in [0.05, 0.1) is 5.88 Å². The third-order valence-corrected chi connectivity index (χ3v) is 2.18. The molecule has 1 atom stereocenters. The highest BCUT2D eigenvalue weighted by molar-refractivity contribution is 6.40. The first-order chi connectivity index (χ1) is 7.15. The second-order valence-corrected chi connectivity index (χ2v) is 3.37. The molecule has 0 N–H and O–H groups in total. The molecule has 0 saturated heterocycles. The number of hydrogen-bond acceptors (Lipinski definition) is 3. The number of benzene rings is 1. The molecule has 1 unspecified atom stereocenters. The molecule has 80 valence electrons. The standard InChI is InChI=1S/C11H11ClO3/c1-8(7-12)15-11(14)10(13)9-5-3-2-4-6-9/h2-6,8H,7H2,1H3. The van der Waals surface area contributed by atoms with Crippen molar-refractivity contribution >= 4 is 23.4 Å². The van der Waals surface area contributed by atoms with E-state index >= 15 is 0 Å². The Morgan fingerprint density at radius 2 is 1.93 bits per heavy atom. The Hall–Kier alpha value is -1.35. The Morgan fingerprint density at radius 1 is 1.33 bits per heavy atom. The zero-order chi connectivity index (χ0) is 11.3. The van der Waals surface area contributed by atoms with Crippen LogP contribution in [-0.2, 0) is 9.53 Å². The minimum absolute atomic E-state index is 0.174. The molecule has 1 aromatic carbocycles. The van der Waals surface area contributed by atoms with Crippen molar-refractivity contribution in [1.82, 2.24) is 0 Å². The molecular formula is C11H11ClO3. The molecule has 15 heavy (non-hydrogen) atoms. The monoisotopic (exact) mass is 226 g/mol. The van der Waals surface area contributed by atoms with Crippen LogP contribution in [0.5, 0.6) is 0 Å². The summed E-state index contributed by atoms with van der Waals surface area (Å²) in [6, 6.07) is 8.27. The molecule has 0 heterocycles. The number of ether oxygens (including phenoxy) is 1. The lowest BCUT2D eigenvalue weighted by Crippen LogP contribution is -2.23. The van der Waals surface area contributed by atoms with E-state index in [0.717, 1.165) is 0 Å². The van der Waals surface area contributed by atoms with E-state index in [1.54, 1.807) is 37.3 Å². The molecule has 4 heteroatoms. The molecule has 0 bridgehead atoms. The van der Waals surface area contributed by atoms with Gasteiger partial charge >= 0.3 is 5.97 Å². The third kappa shape index (κ3) is 3.36. The molecule has 1 aromatic rings. The van der Waals surface area contributed by atoms with E-state index in [-0.39, 0.29) is 5.88 Å². The van der Waals surface area contributed by atoms with E-state index < -0.39 is 17.9 Å². The molecule has 3 nitrogen and oxygen atoms in total. The maximum Gasteiger partial charge on any atom is 0.379 e. The van der Waals surface area contributed by atoms with Crippen LogP contribution in [0, 0.1) is 0 Å². The highest BCUT2D eigenvalue weighted by Crippen LogP contribution is 2.03. The molecule has 1 rings (SSSR count). The second-order valence-electron chi connectivity index (χ2n) is 3.07. The van der Waals surface area contributed by atoms with Crippen LogP contribution in [0.4, 0.5) is 0 Å². The van der Waals surface area contributed by atoms with Crippen molar-refractivity contribution in [3.05, 3.63) is 35.9 Å². The number of halogens is 1. The topological polar surface area (TPSA) is 43.4 Å². The van der Waals surface area contributed by atoms with Gasteiger partial charge < -0.3 is 4.74 Å². The fraction of sp³-hybridized carbons (Fsp3) is 0.273. The summed E-state index contributed by atoms with van der Waals surface area (Å²) >= 11 is 5.46. The number of hydrogen-bond donors (Lipinski definition) is 0. The first-order valence-corrected chi connectivity index (χ1v) is 5.05. The molecular weight excluding hydrogens is 216 g/mol. The average Bonchev–Trinajstić information content (AvgIpc) is 2.29. The zero-order valence-corrected chi connectivity index (χ0v) is 9.03. The molecule has 0 radical (unpaired) electrons. The number of rotatable bonds is 4. The number of alkyl halides is 1. The van der Waals surface area contributed by atoms with E-state index in [1.807, 2.05) is 0 Å². The molecule has 0 aliphatic carbocycles. The second kappa shape index (κ2) is 5.51. The normalized spacial score (nSPS) is 11.9. The van der Waals surface area contributed by atoms with Crippen LogP contribution in [0.2, 0.25) is 0 Å². The Morgan fingerprint density at radius 3 is 2.47 bits per heavy atom. The summed E-state index contributed by atoms with van der Waals surface area (Å²) in [5.41, 5.74) is 0.323. The Bertz CT molecular complexity index is 348. The SMILES string of the molecule is CC(CCl)OC(=O)C(=O)c1ccccc1. The van der Waals surface area contributed by atoms with Crippen LogP contribution < -0.4 is 0 Å². The quantitative estimate of drug-likeness (QED) is 0.342. The molecule has 0 spiro atoms. The van der Waals surface area contributed by atoms with Gasteiger partial charge in [0.15, 0.2) is 0 Å². The van der Waals surface area contributed by atoms with Gasteiger partial charge in [0.1, 0.15) is 6.10 Å². The van der Waals surface area contributed by atoms with Crippen molar-refractivity contribution in [2.75, 3.05) is 5.88 Å². The van der Waals surface area contributed by atoms with E-state index in [2.05, 4.69) is 0 Å². The molecule has 0 saturated carbocycles. The Balaban J connectivity index is 2.66. The summed E-state index contributed by atoms with van der Waals surface area (Å²) in [5, 5.41) is 0. The van der Waals surface area contributed by atoms with Crippen molar-refractivity contribution in [3.63, 3.8) is 0 Å². The minimum atomic E-state index is -0.866. The largest absolute Gasteiger partial charge is 0.455 e. The van der Waals surface area contributed by atoms with Gasteiger partial charge in [-0.15, -0.1) is 11.6 Å². The molecule has 0 aromatic heterocycles. The lowest BCUT2D eigenvalue weighted by atomic mass is 10.1. The first kappa shape index (κ1) is 11.7. The summed E-state index contributed by atoms with van der Waals surface area (Å²) in [6.07, 6.45) is -0.452. The van der Waals surface area contributed by atoms with Gasteiger partial charge in [0.2, 0.25) is 0 Å². The van der Waals surface area contributed by atoms with Gasteiger partial charge in [-0.2, -0.15) is 0 Å². The van der Waals surface area contributed by atoms with Gasteiger partial charge in [-0.25, -0.2) is 4.79 Å². The van der Waals surface area contributed by atoms with E-state index in [4.69, 9.17) is 16.3 Å². The number of esters is 1. The smallest absolute Gasteiger partial charge is 0.379 e. The molecule has 0 amide bonds. The molecule has 0 aliphatic rings. The van der Waals surface area contributed by atoms with Crippen LogP contribution in [0.15, 0.2) is 30.3 Å². The lowest BCUT2D eigenvalue weighted by Gasteiger charge is -2.08. The predicted octanol–water partition coefficient (Wildman–Crippen LogP) is 2.04. The average molecular weight is 227 g/mol. The summed E-state index contributed by atoms with van der Waals surface area (Å²) in [7, 11) is 0. The fourth-order valence-electron chi connectivity index (χ4n) is 0.975. The van der Waals surface area contributed by atoms with Gasteiger partial charge in [0.25, 0.3) is 5.78 Å². The van der Waals surface area contributed by atoms with Crippen molar-refractivity contribution in [2.45, 2.75) is 13.0 Å². The van der Waals surface area contributed by atoms with Crippen molar-refractivity contribution < 1.29 is 14.3 Å². The maximum absolute atomic E-state index is 11.5. The van der Waals surface area contributed by atoms with Crippen LogP contribution >= 0.6 is 11.6 Å². The highest BCUT2D eigenvalue weighted by Gasteiger charge is 2.19. The number of ketones is 1. The van der Waals surface area contributed by atoms with Crippen molar-refractivity contribution in [1.29, 1.82) is 0 Å². The fourth-order valence-corrected chi connectivity index (χ4v) is 1.04. The number of carbonyl (C=O) groups is 2. The van der Waals surface area contributed by atoms with Crippen LogP contribution in [0.3, 0.4) is 0 Å². The van der Waals surface area contributed by atoms with E-state index in [1.165, 1.54) is 0 Å². The van der Waals surface area contributed by atoms with E-state index in [0.29, 0.717) is 5.56 Å². The molecule has 0 aliphatic heterocycles. The minimum Gasteiger partial charge on any atom is -0.455 e. The number of Topliss-reactive ketones (excluding diaryl/α,β-unsaturated/α-hetero) is 1. The van der Waals surface area contributed by atoms with Crippen molar-refractivity contribution in [2.24, 2.45) is 0 Å². The summed E-state index contributed by atoms with van der Waals surface area (Å²) < 4.78 is 4.80. The molecule has 0 fully saturated rings. The maximum atomic E-state index is 11.5. The summed E-state index contributed by atoms with van der Waals surface area (Å²) in [6.45, 7) is 1.63. The van der Waals surface area contributed by atoms with Crippen molar-refractivity contribution in [3.8, 4) is 0 Å². The summed E-state index contributed by atoms with van der Waals surface area (Å²) in [4.78, 5) is 22.8. The van der Waals surface area contributed by atoms with Gasteiger partial charge in [-0.1, -0.05) is 30.3 Å². The lowest BCUT2D eigenvalue weighted by molar-refractivity contribution is -0.141. The Labute approximate surface area is 93.0 Å². The number of carbonyl (C=O) groups excluding carboxylic acids is 2. The van der Waals surface area contributed by atoms with Gasteiger partial charge in [0, 0.05) is 5.56 Å². The van der Waals surface area contributed by atoms with Crippen LogP contribution in [-0.4, -0.2) is 23.7 Å². The third-order valence-electron chi connectivity index (χ3n) is 1.75. The van der Waals surface area contributed by atoms with Gasteiger partial charge in [-0.05, 0) is 6.92 Å². The zero-order valence-electron chi connectivity index (χ0n) is 8.27. The Kier molecular flexibility index (Phi) is 4.31. The summed E-state index contributed by atoms with van der Waals surface area (Å²) in [5.74, 6) is -1.34. The van der Waals surface area contributed by atoms with E-state index in [9.17, 15) is 9.59 Å².